The van der Waals surface area contributed by atoms with E-state index in [1.54, 1.807) is 0 Å². The van der Waals surface area contributed by atoms with Gasteiger partial charge in [0.1, 0.15) is 0 Å². The van der Waals surface area contributed by atoms with Gasteiger partial charge in [-0.25, -0.2) is 0 Å². The van der Waals surface area contributed by atoms with E-state index < -0.39 is 5.91 Å². The molecule has 1 aliphatic rings. The molecular formula is C19H21N5O2. The van der Waals surface area contributed by atoms with Crippen molar-refractivity contribution in [2.75, 3.05) is 13.1 Å². The predicted molar refractivity (Wildman–Crippen MR) is 98.4 cm³/mol. The molecule has 1 amide bonds. The van der Waals surface area contributed by atoms with Crippen molar-refractivity contribution in [1.82, 2.24) is 20.1 Å². The Kier molecular flexibility index (Phi) is 4.40. The summed E-state index contributed by atoms with van der Waals surface area (Å²) in [6.07, 6.45) is 5.16. The molecule has 0 aliphatic carbocycles. The number of hydrogen-bond donors (Lipinski definition) is 3. The third-order valence-corrected chi connectivity index (χ3v) is 4.89. The Morgan fingerprint density at radius 1 is 1.23 bits per heavy atom. The smallest absolute Gasteiger partial charge is 0.269 e. The molecule has 134 valence electrons. The zero-order valence-electron chi connectivity index (χ0n) is 14.4. The highest BCUT2D eigenvalue weighted by atomic mass is 16.3. The van der Waals surface area contributed by atoms with Crippen molar-refractivity contribution < 1.29 is 9.90 Å². The molecule has 0 radical (unpaired) electrons. The maximum absolute atomic E-state index is 11.5. The second kappa shape index (κ2) is 6.86. The lowest BCUT2D eigenvalue weighted by atomic mass is 10.0. The SMILES string of the molecule is NC(=O)c1n[nH]c2ccc(-c3cncc(CN4CCC(O)CC4)c3)cc12. The second-order valence-corrected chi connectivity index (χ2v) is 6.79. The van der Waals surface area contributed by atoms with Crippen LogP contribution in [0.15, 0.2) is 36.7 Å². The molecule has 0 saturated carbocycles. The van der Waals surface area contributed by atoms with Crippen LogP contribution >= 0.6 is 0 Å². The monoisotopic (exact) mass is 351 g/mol. The lowest BCUT2D eigenvalue weighted by Gasteiger charge is -2.29. The lowest BCUT2D eigenvalue weighted by molar-refractivity contribution is 0.0792. The molecule has 3 heterocycles. The van der Waals surface area contributed by atoms with Gasteiger partial charge in [-0.2, -0.15) is 5.10 Å². The van der Waals surface area contributed by atoms with Crippen LogP contribution in [0.25, 0.3) is 22.0 Å². The average molecular weight is 351 g/mol. The molecule has 26 heavy (non-hydrogen) atoms. The van der Waals surface area contributed by atoms with Crippen molar-refractivity contribution in [2.24, 2.45) is 5.73 Å². The summed E-state index contributed by atoms with van der Waals surface area (Å²) < 4.78 is 0. The van der Waals surface area contributed by atoms with Gasteiger partial charge in [0.2, 0.25) is 0 Å². The predicted octanol–water partition coefficient (Wildman–Crippen LogP) is 1.68. The van der Waals surface area contributed by atoms with Crippen molar-refractivity contribution in [3.05, 3.63) is 47.9 Å². The summed E-state index contributed by atoms with van der Waals surface area (Å²) in [5.74, 6) is -0.549. The number of aromatic nitrogens is 3. The fourth-order valence-corrected chi connectivity index (χ4v) is 3.45. The third-order valence-electron chi connectivity index (χ3n) is 4.89. The number of aliphatic hydroxyl groups excluding tert-OH is 1. The van der Waals surface area contributed by atoms with E-state index in [2.05, 4.69) is 26.1 Å². The summed E-state index contributed by atoms with van der Waals surface area (Å²) in [4.78, 5) is 18.2. The van der Waals surface area contributed by atoms with Crippen LogP contribution in [-0.2, 0) is 6.54 Å². The highest BCUT2D eigenvalue weighted by Crippen LogP contribution is 2.26. The van der Waals surface area contributed by atoms with E-state index in [0.29, 0.717) is 5.39 Å². The Labute approximate surface area is 150 Å². The molecule has 0 atom stereocenters. The van der Waals surface area contributed by atoms with E-state index in [1.807, 2.05) is 30.6 Å². The number of rotatable bonds is 4. The number of amides is 1. The minimum atomic E-state index is -0.549. The zero-order chi connectivity index (χ0) is 18.1. The van der Waals surface area contributed by atoms with Gasteiger partial charge < -0.3 is 10.8 Å². The Morgan fingerprint density at radius 2 is 2.04 bits per heavy atom. The number of piperidine rings is 1. The highest BCUT2D eigenvalue weighted by molar-refractivity contribution is 6.04. The molecule has 0 bridgehead atoms. The number of benzene rings is 1. The number of H-pyrrole nitrogens is 1. The van der Waals surface area contributed by atoms with Crippen LogP contribution in [0.5, 0.6) is 0 Å². The molecule has 0 spiro atoms. The fraction of sp³-hybridized carbons (Fsp3) is 0.316. The lowest BCUT2D eigenvalue weighted by Crippen LogP contribution is -2.35. The van der Waals surface area contributed by atoms with Crippen LogP contribution in [0.4, 0.5) is 0 Å². The van der Waals surface area contributed by atoms with Crippen molar-refractivity contribution in [2.45, 2.75) is 25.5 Å². The molecule has 7 nitrogen and oxygen atoms in total. The number of nitrogens with zero attached hydrogens (tertiary/aromatic N) is 3. The summed E-state index contributed by atoms with van der Waals surface area (Å²) in [5, 5.41) is 17.2. The van der Waals surface area contributed by atoms with Crippen LogP contribution in [-0.4, -0.2) is 50.3 Å². The molecule has 7 heteroatoms. The van der Waals surface area contributed by atoms with E-state index in [1.165, 1.54) is 0 Å². The molecule has 0 unspecified atom stereocenters. The van der Waals surface area contributed by atoms with E-state index in [0.717, 1.165) is 54.7 Å². The third kappa shape index (κ3) is 3.31. The normalized spacial score (nSPS) is 16.2. The minimum absolute atomic E-state index is 0.170. The van der Waals surface area contributed by atoms with E-state index in [9.17, 15) is 9.90 Å². The number of aromatic amines is 1. The standard InChI is InChI=1S/C19H21N5O2/c20-19(26)18-16-8-13(1-2-17(16)22-23-18)14-7-12(9-21-10-14)11-24-5-3-15(25)4-6-24/h1-2,7-10,15,25H,3-6,11H2,(H2,20,26)(H,22,23). The number of carbonyl (C=O) groups excluding carboxylic acids is 1. The number of carbonyl (C=O) groups is 1. The number of aliphatic hydroxyl groups is 1. The molecule has 3 aromatic rings. The summed E-state index contributed by atoms with van der Waals surface area (Å²) in [6.45, 7) is 2.61. The van der Waals surface area contributed by atoms with Crippen LogP contribution in [0.1, 0.15) is 28.9 Å². The summed E-state index contributed by atoms with van der Waals surface area (Å²) >= 11 is 0. The van der Waals surface area contributed by atoms with Crippen molar-refractivity contribution in [1.29, 1.82) is 0 Å². The highest BCUT2D eigenvalue weighted by Gasteiger charge is 2.17. The molecule has 1 fully saturated rings. The van der Waals surface area contributed by atoms with Gasteiger partial charge in [0, 0.05) is 43.0 Å². The quantitative estimate of drug-likeness (QED) is 0.663. The van der Waals surface area contributed by atoms with Crippen LogP contribution in [0, 0.1) is 0 Å². The Morgan fingerprint density at radius 3 is 2.81 bits per heavy atom. The van der Waals surface area contributed by atoms with Gasteiger partial charge in [0.15, 0.2) is 5.69 Å². The Hall–Kier alpha value is -2.77. The number of pyridine rings is 1. The van der Waals surface area contributed by atoms with Crippen LogP contribution < -0.4 is 5.73 Å². The summed E-state index contributed by atoms with van der Waals surface area (Å²) in [5.41, 5.74) is 9.49. The van der Waals surface area contributed by atoms with Gasteiger partial charge in [0.05, 0.1) is 11.6 Å². The van der Waals surface area contributed by atoms with Crippen LogP contribution in [0.2, 0.25) is 0 Å². The second-order valence-electron chi connectivity index (χ2n) is 6.79. The van der Waals surface area contributed by atoms with E-state index in [-0.39, 0.29) is 11.8 Å². The maximum Gasteiger partial charge on any atom is 0.269 e. The first kappa shape index (κ1) is 16.7. The van der Waals surface area contributed by atoms with Gasteiger partial charge in [-0.3, -0.25) is 19.8 Å². The van der Waals surface area contributed by atoms with Gasteiger partial charge in [-0.15, -0.1) is 0 Å². The largest absolute Gasteiger partial charge is 0.393 e. The fourth-order valence-electron chi connectivity index (χ4n) is 3.45. The van der Waals surface area contributed by atoms with Gasteiger partial charge in [-0.1, -0.05) is 6.07 Å². The molecule has 1 aromatic carbocycles. The van der Waals surface area contributed by atoms with E-state index in [4.69, 9.17) is 5.73 Å². The minimum Gasteiger partial charge on any atom is -0.393 e. The van der Waals surface area contributed by atoms with Gasteiger partial charge >= 0.3 is 0 Å². The Bertz CT molecular complexity index is 944. The average Bonchev–Trinajstić information content (AvgIpc) is 3.07. The molecule has 4 N–H and O–H groups in total. The van der Waals surface area contributed by atoms with Crippen molar-refractivity contribution >= 4 is 16.8 Å². The Balaban J connectivity index is 1.61. The summed E-state index contributed by atoms with van der Waals surface area (Å²) in [7, 11) is 0. The van der Waals surface area contributed by atoms with Crippen molar-refractivity contribution in [3.8, 4) is 11.1 Å². The van der Waals surface area contributed by atoms with E-state index >= 15 is 0 Å². The number of nitrogens with one attached hydrogen (secondary N) is 1. The first-order chi connectivity index (χ1) is 12.6. The van der Waals surface area contributed by atoms with Crippen LogP contribution in [0.3, 0.4) is 0 Å². The first-order valence-electron chi connectivity index (χ1n) is 8.73. The summed E-state index contributed by atoms with van der Waals surface area (Å²) in [6, 6.07) is 7.90. The number of hydrogen-bond acceptors (Lipinski definition) is 5. The molecule has 1 aliphatic heterocycles. The number of nitrogens with two attached hydrogens (primary N) is 1. The molecule has 4 rings (SSSR count). The number of primary amides is 1. The molecule has 1 saturated heterocycles. The topological polar surface area (TPSA) is 108 Å². The van der Waals surface area contributed by atoms with Crippen molar-refractivity contribution in [3.63, 3.8) is 0 Å². The number of fused-ring (bicyclic) bond motifs is 1. The zero-order valence-corrected chi connectivity index (χ0v) is 14.4. The van der Waals surface area contributed by atoms with Gasteiger partial charge in [0.25, 0.3) is 5.91 Å². The number of likely N-dealkylation sites (tertiary alicyclic amines) is 1. The maximum atomic E-state index is 11.5. The molecular weight excluding hydrogens is 330 g/mol. The molecule has 2 aromatic heterocycles. The van der Waals surface area contributed by atoms with Gasteiger partial charge in [-0.05, 0) is 42.2 Å². The first-order valence-corrected chi connectivity index (χ1v) is 8.73.